The predicted molar refractivity (Wildman–Crippen MR) is 129 cm³/mol. The van der Waals surface area contributed by atoms with Crippen LogP contribution in [-0.4, -0.2) is 44.5 Å². The lowest BCUT2D eigenvalue weighted by Gasteiger charge is -2.19. The van der Waals surface area contributed by atoms with E-state index in [0.717, 1.165) is 32.6 Å². The van der Waals surface area contributed by atoms with Crippen molar-refractivity contribution in [3.63, 3.8) is 0 Å². The summed E-state index contributed by atoms with van der Waals surface area (Å²) < 4.78 is 6.84. The molecule has 2 amide bonds. The first kappa shape index (κ1) is 21.9. The highest BCUT2D eigenvalue weighted by molar-refractivity contribution is 9.10. The highest BCUT2D eigenvalue weighted by atomic mass is 79.9. The molecule has 0 atom stereocenters. The maximum Gasteiger partial charge on any atom is 0.268 e. The average molecular weight is 520 g/mol. The molecule has 1 aliphatic rings. The number of carbonyl (C=O) groups excluding carboxylic acids is 2. The van der Waals surface area contributed by atoms with Crippen LogP contribution < -0.4 is 9.64 Å². The van der Waals surface area contributed by atoms with Crippen LogP contribution in [0.2, 0.25) is 5.02 Å². The molecule has 1 aliphatic heterocycles. The lowest BCUT2D eigenvalue weighted by Crippen LogP contribution is -2.26. The molecule has 0 aliphatic carbocycles. The molecule has 31 heavy (non-hydrogen) atoms. The Kier molecular flexibility index (Phi) is 6.10. The van der Waals surface area contributed by atoms with Crippen molar-refractivity contribution in [2.75, 3.05) is 32.6 Å². The van der Waals surface area contributed by atoms with Crippen LogP contribution in [0.1, 0.15) is 25.6 Å². The van der Waals surface area contributed by atoms with Crippen molar-refractivity contribution < 1.29 is 14.3 Å². The van der Waals surface area contributed by atoms with Crippen LogP contribution in [0.4, 0.5) is 5.69 Å². The normalized spacial score (nSPS) is 12.3. The van der Waals surface area contributed by atoms with Crippen LogP contribution in [0.5, 0.6) is 5.75 Å². The van der Waals surface area contributed by atoms with Crippen molar-refractivity contribution in [1.29, 1.82) is 0 Å². The van der Waals surface area contributed by atoms with E-state index in [2.05, 4.69) is 15.9 Å². The van der Waals surface area contributed by atoms with Crippen LogP contribution in [0.3, 0.4) is 0 Å². The number of amides is 2. The number of anilines is 1. The molecule has 5 nitrogen and oxygen atoms in total. The van der Waals surface area contributed by atoms with Gasteiger partial charge in [-0.15, -0.1) is 11.3 Å². The van der Waals surface area contributed by atoms with E-state index in [4.69, 9.17) is 16.3 Å². The molecule has 0 N–H and O–H groups in total. The third-order valence-corrected chi connectivity index (χ3v) is 7.10. The average Bonchev–Trinajstić information content (AvgIpc) is 3.08. The Morgan fingerprint density at radius 1 is 1.06 bits per heavy atom. The third kappa shape index (κ3) is 4.22. The van der Waals surface area contributed by atoms with Gasteiger partial charge in [-0.1, -0.05) is 27.5 Å². The number of thiophene rings is 1. The standard InChI is InChI=1S/C23H20BrClN2O3S/c1-26(2)22(28)14-4-7-18(17(25)10-14)27(3)23(29)20-11-13-8-9-30-19-12-15(24)5-6-16(19)21(13)31-20/h4-7,10-12H,8-9H2,1-3H3. The minimum absolute atomic E-state index is 0.142. The van der Waals surface area contributed by atoms with Gasteiger partial charge in [0.2, 0.25) is 0 Å². The predicted octanol–water partition coefficient (Wildman–Crippen LogP) is 5.74. The zero-order chi connectivity index (χ0) is 22.3. The zero-order valence-corrected chi connectivity index (χ0v) is 20.4. The van der Waals surface area contributed by atoms with Gasteiger partial charge in [-0.3, -0.25) is 9.59 Å². The number of halogens is 2. The quantitative estimate of drug-likeness (QED) is 0.443. The number of hydrogen-bond acceptors (Lipinski definition) is 4. The van der Waals surface area contributed by atoms with Crippen molar-refractivity contribution in [3.05, 3.63) is 68.0 Å². The number of rotatable bonds is 3. The number of nitrogens with zero attached hydrogens (tertiary/aromatic N) is 2. The van der Waals surface area contributed by atoms with Gasteiger partial charge in [-0.25, -0.2) is 0 Å². The number of benzene rings is 2. The molecule has 2 heterocycles. The van der Waals surface area contributed by atoms with E-state index in [-0.39, 0.29) is 11.8 Å². The van der Waals surface area contributed by atoms with E-state index in [1.807, 2.05) is 24.3 Å². The van der Waals surface area contributed by atoms with Crippen molar-refractivity contribution in [2.45, 2.75) is 6.42 Å². The molecule has 0 saturated carbocycles. The first-order valence-corrected chi connectivity index (χ1v) is 11.6. The first-order chi connectivity index (χ1) is 14.8. The number of ether oxygens (including phenoxy) is 1. The van der Waals surface area contributed by atoms with E-state index >= 15 is 0 Å². The third-order valence-electron chi connectivity index (χ3n) is 5.10. The number of hydrogen-bond donors (Lipinski definition) is 0. The van der Waals surface area contributed by atoms with Gasteiger partial charge in [-0.2, -0.15) is 0 Å². The molecule has 4 rings (SSSR count). The second kappa shape index (κ2) is 8.65. The molecule has 0 saturated heterocycles. The number of carbonyl (C=O) groups is 2. The van der Waals surface area contributed by atoms with Crippen LogP contribution in [0.25, 0.3) is 10.4 Å². The van der Waals surface area contributed by atoms with Crippen LogP contribution in [-0.2, 0) is 6.42 Å². The molecular formula is C23H20BrClN2O3S. The Morgan fingerprint density at radius 2 is 1.84 bits per heavy atom. The van der Waals surface area contributed by atoms with E-state index in [1.54, 1.807) is 39.3 Å². The van der Waals surface area contributed by atoms with Crippen molar-refractivity contribution >= 4 is 56.4 Å². The minimum Gasteiger partial charge on any atom is -0.493 e. The molecule has 0 unspecified atom stereocenters. The lowest BCUT2D eigenvalue weighted by atomic mass is 10.1. The van der Waals surface area contributed by atoms with E-state index in [9.17, 15) is 9.59 Å². The molecule has 2 aromatic carbocycles. The van der Waals surface area contributed by atoms with Crippen LogP contribution in [0, 0.1) is 0 Å². The van der Waals surface area contributed by atoms with Gasteiger partial charge in [0.15, 0.2) is 0 Å². The maximum atomic E-state index is 13.3. The summed E-state index contributed by atoms with van der Waals surface area (Å²) in [5, 5.41) is 0.352. The molecule has 1 aromatic heterocycles. The molecular weight excluding hydrogens is 500 g/mol. The second-order valence-electron chi connectivity index (χ2n) is 7.43. The molecule has 0 bridgehead atoms. The summed E-state index contributed by atoms with van der Waals surface area (Å²) in [6.07, 6.45) is 0.733. The Bertz CT molecular complexity index is 1190. The summed E-state index contributed by atoms with van der Waals surface area (Å²) in [5.74, 6) is 0.523. The molecule has 8 heteroatoms. The summed E-state index contributed by atoms with van der Waals surface area (Å²) >= 11 is 11.4. The lowest BCUT2D eigenvalue weighted by molar-refractivity contribution is 0.0827. The van der Waals surface area contributed by atoms with E-state index in [1.165, 1.54) is 21.1 Å². The van der Waals surface area contributed by atoms with Gasteiger partial charge in [0, 0.05) is 48.0 Å². The SMILES string of the molecule is CN(C)C(=O)c1ccc(N(C)C(=O)c2cc3c(s2)-c2ccc(Br)cc2OCC3)c(Cl)c1. The summed E-state index contributed by atoms with van der Waals surface area (Å²) in [7, 11) is 5.06. The summed E-state index contributed by atoms with van der Waals surface area (Å²) in [4.78, 5) is 30.1. The van der Waals surface area contributed by atoms with Crippen molar-refractivity contribution in [2.24, 2.45) is 0 Å². The highest BCUT2D eigenvalue weighted by Gasteiger charge is 2.24. The van der Waals surface area contributed by atoms with Gasteiger partial charge < -0.3 is 14.5 Å². The van der Waals surface area contributed by atoms with Gasteiger partial charge >= 0.3 is 0 Å². The summed E-state index contributed by atoms with van der Waals surface area (Å²) in [5.41, 5.74) is 3.12. The molecule has 160 valence electrons. The topological polar surface area (TPSA) is 49.9 Å². The van der Waals surface area contributed by atoms with Gasteiger partial charge in [0.1, 0.15) is 5.75 Å². The minimum atomic E-state index is -0.147. The van der Waals surface area contributed by atoms with Gasteiger partial charge in [-0.05, 0) is 48.0 Å². The maximum absolute atomic E-state index is 13.3. The Hall–Kier alpha value is -2.35. The Balaban J connectivity index is 1.65. The summed E-state index contributed by atoms with van der Waals surface area (Å²) in [6, 6.07) is 12.9. The number of fused-ring (bicyclic) bond motifs is 3. The van der Waals surface area contributed by atoms with Crippen molar-refractivity contribution in [3.8, 4) is 16.2 Å². The van der Waals surface area contributed by atoms with Crippen molar-refractivity contribution in [1.82, 2.24) is 4.90 Å². The molecule has 0 spiro atoms. The molecule has 0 fully saturated rings. The van der Waals surface area contributed by atoms with E-state index < -0.39 is 0 Å². The zero-order valence-electron chi connectivity index (χ0n) is 17.2. The van der Waals surface area contributed by atoms with Gasteiger partial charge in [0.25, 0.3) is 11.8 Å². The van der Waals surface area contributed by atoms with E-state index in [0.29, 0.717) is 27.8 Å². The first-order valence-electron chi connectivity index (χ1n) is 9.61. The Labute approximate surface area is 198 Å². The van der Waals surface area contributed by atoms with Crippen LogP contribution >= 0.6 is 38.9 Å². The fourth-order valence-corrected chi connectivity index (χ4v) is 5.33. The summed E-state index contributed by atoms with van der Waals surface area (Å²) in [6.45, 7) is 0.559. The molecule has 3 aromatic rings. The smallest absolute Gasteiger partial charge is 0.268 e. The second-order valence-corrected chi connectivity index (χ2v) is 9.81. The fourth-order valence-electron chi connectivity index (χ4n) is 3.47. The molecule has 0 radical (unpaired) electrons. The van der Waals surface area contributed by atoms with Crippen LogP contribution in [0.15, 0.2) is 46.9 Å². The largest absolute Gasteiger partial charge is 0.493 e. The fraction of sp³-hybridized carbons (Fsp3) is 0.217. The Morgan fingerprint density at radius 3 is 2.55 bits per heavy atom. The van der Waals surface area contributed by atoms with Gasteiger partial charge in [0.05, 0.1) is 22.2 Å². The highest BCUT2D eigenvalue weighted by Crippen LogP contribution is 2.42. The monoisotopic (exact) mass is 518 g/mol.